The average molecular weight is 431 g/mol. The molecule has 0 saturated heterocycles. The Bertz CT molecular complexity index is 1050. The van der Waals surface area contributed by atoms with Gasteiger partial charge in [-0.25, -0.2) is 16.8 Å². The number of anilines is 1. The van der Waals surface area contributed by atoms with E-state index in [1.54, 1.807) is 26.0 Å². The van der Waals surface area contributed by atoms with Crippen molar-refractivity contribution in [1.29, 1.82) is 0 Å². The fourth-order valence-corrected chi connectivity index (χ4v) is 5.65. The van der Waals surface area contributed by atoms with Gasteiger partial charge in [-0.2, -0.15) is 4.31 Å². The van der Waals surface area contributed by atoms with Gasteiger partial charge in [0, 0.05) is 13.1 Å². The van der Waals surface area contributed by atoms with Crippen LogP contribution in [-0.4, -0.2) is 34.2 Å². The number of nitrogens with one attached hydrogen (secondary N) is 1. The molecule has 0 aromatic heterocycles. The summed E-state index contributed by atoms with van der Waals surface area (Å²) < 4.78 is 54.5. The Morgan fingerprint density at radius 3 is 2.11 bits per heavy atom. The average Bonchev–Trinajstić information content (AvgIpc) is 2.59. The number of rotatable bonds is 7. The molecule has 0 heterocycles. The van der Waals surface area contributed by atoms with Crippen molar-refractivity contribution in [3.63, 3.8) is 0 Å². The summed E-state index contributed by atoms with van der Waals surface area (Å²) >= 11 is 6.08. The molecule has 27 heavy (non-hydrogen) atoms. The van der Waals surface area contributed by atoms with Gasteiger partial charge in [0.05, 0.1) is 15.6 Å². The predicted molar refractivity (Wildman–Crippen MR) is 108 cm³/mol. The van der Waals surface area contributed by atoms with Crippen molar-refractivity contribution in [2.75, 3.05) is 17.8 Å². The van der Waals surface area contributed by atoms with Gasteiger partial charge in [0.1, 0.15) is 4.90 Å². The quantitative estimate of drug-likeness (QED) is 0.724. The molecule has 0 spiro atoms. The van der Waals surface area contributed by atoms with E-state index in [1.165, 1.54) is 28.6 Å². The van der Waals surface area contributed by atoms with Gasteiger partial charge in [0.2, 0.25) is 10.0 Å². The zero-order valence-corrected chi connectivity index (χ0v) is 18.0. The van der Waals surface area contributed by atoms with Crippen molar-refractivity contribution in [3.8, 4) is 0 Å². The number of hydrogen-bond donors (Lipinski definition) is 1. The van der Waals surface area contributed by atoms with Crippen LogP contribution in [0.4, 0.5) is 5.69 Å². The van der Waals surface area contributed by atoms with Crippen LogP contribution in [-0.2, 0) is 20.0 Å². The van der Waals surface area contributed by atoms with E-state index in [2.05, 4.69) is 4.72 Å². The molecule has 0 fully saturated rings. The molecule has 0 aliphatic heterocycles. The standard InChI is InChI=1S/C18H23ClN2O4S2/c1-5-21(6-2)27(24,25)18-12-15(8-10-17(18)19)20-26(22,23)16-9-7-13(3)14(4)11-16/h7-12,20H,5-6H2,1-4H3. The Morgan fingerprint density at radius 2 is 1.56 bits per heavy atom. The predicted octanol–water partition coefficient (Wildman–Crippen LogP) is 3.79. The van der Waals surface area contributed by atoms with Crippen LogP contribution in [0, 0.1) is 13.8 Å². The Morgan fingerprint density at radius 1 is 0.926 bits per heavy atom. The van der Waals surface area contributed by atoms with Crippen LogP contribution in [0.15, 0.2) is 46.2 Å². The van der Waals surface area contributed by atoms with Crippen LogP contribution in [0.1, 0.15) is 25.0 Å². The molecule has 0 aliphatic rings. The van der Waals surface area contributed by atoms with E-state index in [0.29, 0.717) is 0 Å². The first kappa shape index (κ1) is 21.7. The Labute approximate surface area is 166 Å². The first-order valence-corrected chi connectivity index (χ1v) is 11.7. The number of hydrogen-bond acceptors (Lipinski definition) is 4. The maximum Gasteiger partial charge on any atom is 0.261 e. The van der Waals surface area contributed by atoms with E-state index in [9.17, 15) is 16.8 Å². The van der Waals surface area contributed by atoms with Gasteiger partial charge in [-0.05, 0) is 55.3 Å². The molecule has 0 radical (unpaired) electrons. The maximum absolute atomic E-state index is 12.7. The number of sulfonamides is 2. The molecule has 2 aromatic rings. The van der Waals surface area contributed by atoms with Crippen LogP contribution >= 0.6 is 11.6 Å². The van der Waals surface area contributed by atoms with Crippen molar-refractivity contribution in [1.82, 2.24) is 4.31 Å². The monoisotopic (exact) mass is 430 g/mol. The lowest BCUT2D eigenvalue weighted by Crippen LogP contribution is -2.30. The van der Waals surface area contributed by atoms with E-state index in [4.69, 9.17) is 11.6 Å². The molecule has 0 aliphatic carbocycles. The molecule has 2 rings (SSSR count). The third kappa shape index (κ3) is 4.63. The van der Waals surface area contributed by atoms with E-state index < -0.39 is 20.0 Å². The SMILES string of the molecule is CCN(CC)S(=O)(=O)c1cc(NS(=O)(=O)c2ccc(C)c(C)c2)ccc1Cl. The van der Waals surface area contributed by atoms with Gasteiger partial charge in [0.15, 0.2) is 0 Å². The number of benzene rings is 2. The van der Waals surface area contributed by atoms with Gasteiger partial charge >= 0.3 is 0 Å². The highest BCUT2D eigenvalue weighted by Crippen LogP contribution is 2.29. The summed E-state index contributed by atoms with van der Waals surface area (Å²) in [5.74, 6) is 0. The van der Waals surface area contributed by atoms with Crippen molar-refractivity contribution < 1.29 is 16.8 Å². The zero-order valence-electron chi connectivity index (χ0n) is 15.7. The molecule has 0 amide bonds. The molecule has 0 unspecified atom stereocenters. The van der Waals surface area contributed by atoms with Crippen molar-refractivity contribution in [3.05, 3.63) is 52.5 Å². The lowest BCUT2D eigenvalue weighted by molar-refractivity contribution is 0.445. The number of nitrogens with zero attached hydrogens (tertiary/aromatic N) is 1. The van der Waals surface area contributed by atoms with Crippen LogP contribution in [0.25, 0.3) is 0 Å². The zero-order chi connectivity index (χ0) is 20.4. The van der Waals surface area contributed by atoms with Crippen molar-refractivity contribution in [2.45, 2.75) is 37.5 Å². The minimum absolute atomic E-state index is 0.0380. The highest BCUT2D eigenvalue weighted by Gasteiger charge is 2.25. The number of aryl methyl sites for hydroxylation is 2. The van der Waals surface area contributed by atoms with Gasteiger partial charge < -0.3 is 0 Å². The second-order valence-corrected chi connectivity index (χ2v) is 10.1. The number of halogens is 1. The van der Waals surface area contributed by atoms with Crippen LogP contribution in [0.5, 0.6) is 0 Å². The largest absolute Gasteiger partial charge is 0.280 e. The highest BCUT2D eigenvalue weighted by atomic mass is 35.5. The molecule has 0 saturated carbocycles. The summed E-state index contributed by atoms with van der Waals surface area (Å²) in [6, 6.07) is 8.85. The molecule has 0 bridgehead atoms. The molecule has 9 heteroatoms. The molecule has 2 aromatic carbocycles. The van der Waals surface area contributed by atoms with E-state index >= 15 is 0 Å². The molecule has 148 valence electrons. The molecule has 1 N–H and O–H groups in total. The molecule has 0 atom stereocenters. The van der Waals surface area contributed by atoms with Crippen LogP contribution in [0.2, 0.25) is 5.02 Å². The molecular weight excluding hydrogens is 408 g/mol. The summed E-state index contributed by atoms with van der Waals surface area (Å²) in [5.41, 5.74) is 1.95. The Balaban J connectivity index is 2.45. The molecular formula is C18H23ClN2O4S2. The van der Waals surface area contributed by atoms with Gasteiger partial charge in [0.25, 0.3) is 10.0 Å². The normalized spacial score (nSPS) is 12.4. The topological polar surface area (TPSA) is 83.6 Å². The second kappa shape index (κ2) is 8.18. The summed E-state index contributed by atoms with van der Waals surface area (Å²) in [4.78, 5) is -0.0261. The fourth-order valence-electron chi connectivity index (χ4n) is 2.56. The summed E-state index contributed by atoms with van der Waals surface area (Å²) in [7, 11) is -7.68. The highest BCUT2D eigenvalue weighted by molar-refractivity contribution is 7.92. The maximum atomic E-state index is 12.7. The first-order valence-electron chi connectivity index (χ1n) is 8.42. The van der Waals surface area contributed by atoms with E-state index in [0.717, 1.165) is 11.1 Å². The third-order valence-corrected chi connectivity index (χ3v) is 8.21. The second-order valence-electron chi connectivity index (χ2n) is 6.09. The summed E-state index contributed by atoms with van der Waals surface area (Å²) in [5, 5.41) is 0.0380. The van der Waals surface area contributed by atoms with Crippen molar-refractivity contribution in [2.24, 2.45) is 0 Å². The van der Waals surface area contributed by atoms with E-state index in [1.807, 2.05) is 13.8 Å². The van der Waals surface area contributed by atoms with Crippen molar-refractivity contribution >= 4 is 37.3 Å². The lowest BCUT2D eigenvalue weighted by atomic mass is 10.1. The smallest absolute Gasteiger partial charge is 0.261 e. The molecule has 6 nitrogen and oxygen atoms in total. The third-order valence-electron chi connectivity index (χ3n) is 4.30. The summed E-state index contributed by atoms with van der Waals surface area (Å²) in [6.45, 7) is 7.73. The van der Waals surface area contributed by atoms with Gasteiger partial charge in [-0.1, -0.05) is 31.5 Å². The van der Waals surface area contributed by atoms with E-state index in [-0.39, 0.29) is 33.6 Å². The van der Waals surface area contributed by atoms with Crippen LogP contribution < -0.4 is 4.72 Å². The lowest BCUT2D eigenvalue weighted by Gasteiger charge is -2.20. The van der Waals surface area contributed by atoms with Crippen LogP contribution in [0.3, 0.4) is 0 Å². The first-order chi connectivity index (χ1) is 12.5. The van der Waals surface area contributed by atoms with Gasteiger partial charge in [-0.3, -0.25) is 4.72 Å². The Kier molecular flexibility index (Phi) is 6.57. The summed E-state index contributed by atoms with van der Waals surface area (Å²) in [6.07, 6.45) is 0. The Hall–Kier alpha value is -1.61. The minimum Gasteiger partial charge on any atom is -0.280 e. The van der Waals surface area contributed by atoms with Gasteiger partial charge in [-0.15, -0.1) is 0 Å². The minimum atomic E-state index is -3.86. The fraction of sp³-hybridized carbons (Fsp3) is 0.333.